The maximum Gasteiger partial charge on any atom is 0.251 e. The van der Waals surface area contributed by atoms with Gasteiger partial charge in [-0.15, -0.1) is 0 Å². The average molecular weight is 278 g/mol. The van der Waals surface area contributed by atoms with Gasteiger partial charge in [-0.3, -0.25) is 4.79 Å². The Hall–Kier alpha value is -1.43. The van der Waals surface area contributed by atoms with E-state index in [9.17, 15) is 4.79 Å². The van der Waals surface area contributed by atoms with Crippen molar-refractivity contribution in [2.24, 2.45) is 0 Å². The van der Waals surface area contributed by atoms with E-state index in [2.05, 4.69) is 16.7 Å². The number of nitrogens with one attached hydrogen (secondary N) is 2. The van der Waals surface area contributed by atoms with Gasteiger partial charge >= 0.3 is 0 Å². The standard InChI is InChI=1S/C15H22N2O3/c1-10(15(19-2)20-3)17-14(18)13-6-4-5-11-9-16-8-7-12(11)13/h4-6,10,15-16H,7-9H2,1-3H3,(H,17,18). The van der Waals surface area contributed by atoms with E-state index in [0.29, 0.717) is 0 Å². The highest BCUT2D eigenvalue weighted by molar-refractivity contribution is 5.96. The molecule has 5 heteroatoms. The molecule has 1 heterocycles. The van der Waals surface area contributed by atoms with Crippen LogP contribution in [0.1, 0.15) is 28.4 Å². The van der Waals surface area contributed by atoms with E-state index in [1.54, 1.807) is 14.2 Å². The molecule has 20 heavy (non-hydrogen) atoms. The Morgan fingerprint density at radius 1 is 1.35 bits per heavy atom. The molecule has 1 unspecified atom stereocenters. The third kappa shape index (κ3) is 3.17. The minimum absolute atomic E-state index is 0.0737. The molecule has 0 spiro atoms. The summed E-state index contributed by atoms with van der Waals surface area (Å²) in [6, 6.07) is 5.65. The first-order chi connectivity index (χ1) is 9.67. The molecule has 2 N–H and O–H groups in total. The first kappa shape index (κ1) is 15.0. The second-order valence-corrected chi connectivity index (χ2v) is 4.97. The van der Waals surface area contributed by atoms with Gasteiger partial charge in [0.25, 0.3) is 5.91 Å². The zero-order chi connectivity index (χ0) is 14.5. The monoisotopic (exact) mass is 278 g/mol. The van der Waals surface area contributed by atoms with Crippen molar-refractivity contribution in [1.29, 1.82) is 0 Å². The highest BCUT2D eigenvalue weighted by Gasteiger charge is 2.22. The molecule has 0 fully saturated rings. The fourth-order valence-electron chi connectivity index (χ4n) is 2.60. The largest absolute Gasteiger partial charge is 0.354 e. The van der Waals surface area contributed by atoms with Crippen LogP contribution < -0.4 is 10.6 Å². The summed E-state index contributed by atoms with van der Waals surface area (Å²) in [7, 11) is 3.12. The maximum absolute atomic E-state index is 12.4. The summed E-state index contributed by atoms with van der Waals surface area (Å²) in [6.45, 7) is 3.60. The second kappa shape index (κ2) is 6.83. The zero-order valence-electron chi connectivity index (χ0n) is 12.2. The van der Waals surface area contributed by atoms with Gasteiger partial charge in [0.2, 0.25) is 0 Å². The van der Waals surface area contributed by atoms with Gasteiger partial charge in [0.15, 0.2) is 6.29 Å². The van der Waals surface area contributed by atoms with Crippen LogP contribution in [-0.4, -0.2) is 39.0 Å². The number of methoxy groups -OCH3 is 2. The molecule has 0 bridgehead atoms. The number of benzene rings is 1. The van der Waals surface area contributed by atoms with Crippen molar-refractivity contribution in [3.05, 3.63) is 34.9 Å². The van der Waals surface area contributed by atoms with Gasteiger partial charge < -0.3 is 20.1 Å². The molecule has 110 valence electrons. The Morgan fingerprint density at radius 2 is 2.10 bits per heavy atom. The normalized spacial score (nSPS) is 15.8. The summed E-state index contributed by atoms with van der Waals surface area (Å²) in [6.07, 6.45) is 0.436. The summed E-state index contributed by atoms with van der Waals surface area (Å²) in [5.74, 6) is -0.0737. The van der Waals surface area contributed by atoms with Crippen LogP contribution in [0.25, 0.3) is 0 Å². The third-order valence-electron chi connectivity index (χ3n) is 3.62. The van der Waals surface area contributed by atoms with Crippen LogP contribution in [0.5, 0.6) is 0 Å². The lowest BCUT2D eigenvalue weighted by Gasteiger charge is -2.24. The number of carbonyl (C=O) groups is 1. The molecule has 0 aromatic heterocycles. The van der Waals surface area contributed by atoms with E-state index in [-0.39, 0.29) is 11.9 Å². The molecule has 1 amide bonds. The highest BCUT2D eigenvalue weighted by atomic mass is 16.7. The Morgan fingerprint density at radius 3 is 2.80 bits per heavy atom. The first-order valence-electron chi connectivity index (χ1n) is 6.85. The molecule has 0 radical (unpaired) electrons. The molecule has 1 aliphatic heterocycles. The minimum Gasteiger partial charge on any atom is -0.354 e. The van der Waals surface area contributed by atoms with E-state index >= 15 is 0 Å². The molecule has 0 saturated heterocycles. The van der Waals surface area contributed by atoms with Gasteiger partial charge in [0.05, 0.1) is 6.04 Å². The zero-order valence-corrected chi connectivity index (χ0v) is 12.2. The third-order valence-corrected chi connectivity index (χ3v) is 3.62. The van der Waals surface area contributed by atoms with Crippen LogP contribution in [-0.2, 0) is 22.4 Å². The van der Waals surface area contributed by atoms with E-state index in [1.165, 1.54) is 5.56 Å². The molecule has 1 aromatic rings. The predicted octanol–water partition coefficient (Wildman–Crippen LogP) is 1.07. The number of ether oxygens (including phenoxy) is 2. The maximum atomic E-state index is 12.4. The van der Waals surface area contributed by atoms with Crippen LogP contribution >= 0.6 is 0 Å². The van der Waals surface area contributed by atoms with Gasteiger partial charge in [-0.1, -0.05) is 12.1 Å². The van der Waals surface area contributed by atoms with Crippen LogP contribution in [0.15, 0.2) is 18.2 Å². The van der Waals surface area contributed by atoms with Crippen molar-refractivity contribution in [2.45, 2.75) is 32.2 Å². The van der Waals surface area contributed by atoms with Crippen molar-refractivity contribution < 1.29 is 14.3 Å². The summed E-state index contributed by atoms with van der Waals surface area (Å²) in [4.78, 5) is 12.4. The smallest absolute Gasteiger partial charge is 0.251 e. The molecular formula is C15H22N2O3. The van der Waals surface area contributed by atoms with Crippen molar-refractivity contribution >= 4 is 5.91 Å². The molecule has 1 aliphatic rings. The van der Waals surface area contributed by atoms with Gasteiger partial charge in [-0.25, -0.2) is 0 Å². The van der Waals surface area contributed by atoms with Crippen LogP contribution in [0.4, 0.5) is 0 Å². The fourth-order valence-corrected chi connectivity index (χ4v) is 2.60. The van der Waals surface area contributed by atoms with E-state index in [4.69, 9.17) is 9.47 Å². The van der Waals surface area contributed by atoms with Crippen LogP contribution in [0, 0.1) is 0 Å². The lowest BCUT2D eigenvalue weighted by atomic mass is 9.95. The molecule has 5 nitrogen and oxygen atoms in total. The number of carbonyl (C=O) groups excluding carboxylic acids is 1. The first-order valence-corrected chi connectivity index (χ1v) is 6.85. The van der Waals surface area contributed by atoms with Gasteiger partial charge in [0, 0.05) is 26.3 Å². The van der Waals surface area contributed by atoms with Gasteiger partial charge in [0.1, 0.15) is 0 Å². The summed E-state index contributed by atoms with van der Waals surface area (Å²) >= 11 is 0. The lowest BCUT2D eigenvalue weighted by molar-refractivity contribution is -0.117. The topological polar surface area (TPSA) is 59.6 Å². The fraction of sp³-hybridized carbons (Fsp3) is 0.533. The Kier molecular flexibility index (Phi) is 5.11. The van der Waals surface area contributed by atoms with Crippen molar-refractivity contribution in [3.63, 3.8) is 0 Å². The minimum atomic E-state index is -0.444. The predicted molar refractivity (Wildman–Crippen MR) is 76.6 cm³/mol. The number of rotatable bonds is 5. The average Bonchev–Trinajstić information content (AvgIpc) is 2.47. The van der Waals surface area contributed by atoms with Crippen LogP contribution in [0.2, 0.25) is 0 Å². The van der Waals surface area contributed by atoms with Gasteiger partial charge in [-0.05, 0) is 37.1 Å². The quantitative estimate of drug-likeness (QED) is 0.791. The Balaban J connectivity index is 2.13. The molecule has 2 rings (SSSR count). The number of hydrogen-bond acceptors (Lipinski definition) is 4. The van der Waals surface area contributed by atoms with E-state index in [1.807, 2.05) is 19.1 Å². The molecule has 1 atom stereocenters. The Bertz CT molecular complexity index is 472. The molecule has 0 aliphatic carbocycles. The Labute approximate surface area is 119 Å². The van der Waals surface area contributed by atoms with Crippen molar-refractivity contribution in [2.75, 3.05) is 20.8 Å². The van der Waals surface area contributed by atoms with Gasteiger partial charge in [-0.2, -0.15) is 0 Å². The van der Waals surface area contributed by atoms with E-state index < -0.39 is 6.29 Å². The number of hydrogen-bond donors (Lipinski definition) is 2. The van der Waals surface area contributed by atoms with E-state index in [0.717, 1.165) is 30.6 Å². The van der Waals surface area contributed by atoms with Crippen molar-refractivity contribution in [1.82, 2.24) is 10.6 Å². The number of fused-ring (bicyclic) bond motifs is 1. The summed E-state index contributed by atoms with van der Waals surface area (Å²) in [5.41, 5.74) is 3.09. The second-order valence-electron chi connectivity index (χ2n) is 4.97. The summed E-state index contributed by atoms with van der Waals surface area (Å²) in [5, 5.41) is 6.25. The highest BCUT2D eigenvalue weighted by Crippen LogP contribution is 2.19. The number of amides is 1. The molecule has 1 aromatic carbocycles. The summed E-state index contributed by atoms with van der Waals surface area (Å²) < 4.78 is 10.3. The lowest BCUT2D eigenvalue weighted by Crippen LogP contribution is -2.43. The SMILES string of the molecule is COC(OC)C(C)NC(=O)c1cccc2c1CCNC2. The molecular weight excluding hydrogens is 256 g/mol. The van der Waals surface area contributed by atoms with Crippen molar-refractivity contribution in [3.8, 4) is 0 Å². The van der Waals surface area contributed by atoms with Crippen LogP contribution in [0.3, 0.4) is 0 Å². The molecule has 0 saturated carbocycles.